The zero-order valence-electron chi connectivity index (χ0n) is 10.8. The van der Waals surface area contributed by atoms with Gasteiger partial charge in [-0.25, -0.2) is 0 Å². The van der Waals surface area contributed by atoms with E-state index in [2.05, 4.69) is 15.9 Å². The van der Waals surface area contributed by atoms with Gasteiger partial charge >= 0.3 is 0 Å². The summed E-state index contributed by atoms with van der Waals surface area (Å²) in [4.78, 5) is 0. The van der Waals surface area contributed by atoms with Gasteiger partial charge in [0.25, 0.3) is 0 Å². The molecule has 18 heavy (non-hydrogen) atoms. The van der Waals surface area contributed by atoms with E-state index in [9.17, 15) is 0 Å². The van der Waals surface area contributed by atoms with Crippen LogP contribution in [0.2, 0.25) is 0 Å². The Morgan fingerprint density at radius 2 is 2.06 bits per heavy atom. The molecule has 4 heteroatoms. The lowest BCUT2D eigenvalue weighted by Crippen LogP contribution is -2.21. The van der Waals surface area contributed by atoms with Crippen LogP contribution in [0.4, 0.5) is 0 Å². The van der Waals surface area contributed by atoms with E-state index >= 15 is 0 Å². The van der Waals surface area contributed by atoms with E-state index in [1.165, 1.54) is 0 Å². The molecule has 0 spiro atoms. The van der Waals surface area contributed by atoms with Crippen LogP contribution in [0.1, 0.15) is 26.7 Å². The van der Waals surface area contributed by atoms with E-state index in [0.29, 0.717) is 13.2 Å². The molecule has 1 aromatic carbocycles. The van der Waals surface area contributed by atoms with Gasteiger partial charge in [-0.15, -0.1) is 0 Å². The van der Waals surface area contributed by atoms with Crippen LogP contribution in [0, 0.1) is 0 Å². The molecule has 1 aromatic rings. The molecule has 0 N–H and O–H groups in total. The van der Waals surface area contributed by atoms with Crippen LogP contribution in [0.25, 0.3) is 0 Å². The minimum Gasteiger partial charge on any atom is -0.494 e. The molecule has 0 amide bonds. The Balaban J connectivity index is 1.63. The fourth-order valence-corrected chi connectivity index (χ4v) is 2.20. The minimum atomic E-state index is -0.419. The summed E-state index contributed by atoms with van der Waals surface area (Å²) in [5.41, 5.74) is 0. The third kappa shape index (κ3) is 4.26. The van der Waals surface area contributed by atoms with Gasteiger partial charge in [-0.1, -0.05) is 15.9 Å². The van der Waals surface area contributed by atoms with Gasteiger partial charge in [0.1, 0.15) is 5.75 Å². The maximum atomic E-state index is 5.73. The summed E-state index contributed by atoms with van der Waals surface area (Å²) in [6, 6.07) is 7.88. The van der Waals surface area contributed by atoms with Crippen molar-refractivity contribution in [3.05, 3.63) is 28.7 Å². The molecule has 1 fully saturated rings. The third-order valence-electron chi connectivity index (χ3n) is 2.82. The third-order valence-corrected chi connectivity index (χ3v) is 3.35. The Bertz CT molecular complexity index is 375. The van der Waals surface area contributed by atoms with Gasteiger partial charge in [0.2, 0.25) is 0 Å². The lowest BCUT2D eigenvalue weighted by molar-refractivity contribution is -0.139. The van der Waals surface area contributed by atoms with Crippen molar-refractivity contribution in [2.24, 2.45) is 0 Å². The fraction of sp³-hybridized carbons (Fsp3) is 0.571. The summed E-state index contributed by atoms with van der Waals surface area (Å²) in [5, 5.41) is 0. The number of halogens is 1. The van der Waals surface area contributed by atoms with Crippen molar-refractivity contribution in [2.45, 2.75) is 38.6 Å². The molecular weight excluding hydrogens is 296 g/mol. The molecule has 100 valence electrons. The maximum Gasteiger partial charge on any atom is 0.163 e. The molecule has 0 aromatic heterocycles. The lowest BCUT2D eigenvalue weighted by Gasteiger charge is -2.17. The van der Waals surface area contributed by atoms with Crippen molar-refractivity contribution in [1.29, 1.82) is 0 Å². The van der Waals surface area contributed by atoms with Crippen molar-refractivity contribution in [2.75, 3.05) is 13.2 Å². The minimum absolute atomic E-state index is 0.202. The van der Waals surface area contributed by atoms with Crippen LogP contribution in [-0.2, 0) is 9.47 Å². The molecule has 3 nitrogen and oxygen atoms in total. The summed E-state index contributed by atoms with van der Waals surface area (Å²) in [7, 11) is 0. The van der Waals surface area contributed by atoms with Gasteiger partial charge in [-0.2, -0.15) is 0 Å². The van der Waals surface area contributed by atoms with Gasteiger partial charge in [0.15, 0.2) is 5.79 Å². The van der Waals surface area contributed by atoms with Crippen LogP contribution in [0.5, 0.6) is 5.75 Å². The first-order valence-electron chi connectivity index (χ1n) is 6.25. The molecule has 1 saturated heterocycles. The number of hydrogen-bond donors (Lipinski definition) is 0. The van der Waals surface area contributed by atoms with E-state index in [1.54, 1.807) is 0 Å². The van der Waals surface area contributed by atoms with Crippen molar-refractivity contribution in [1.82, 2.24) is 0 Å². The highest BCUT2D eigenvalue weighted by molar-refractivity contribution is 9.10. The van der Waals surface area contributed by atoms with Crippen LogP contribution in [0.15, 0.2) is 28.7 Å². The second kappa shape index (κ2) is 6.04. The van der Waals surface area contributed by atoms with Gasteiger partial charge in [-0.05, 0) is 51.0 Å². The maximum absolute atomic E-state index is 5.73. The van der Waals surface area contributed by atoms with E-state index in [-0.39, 0.29) is 6.10 Å². The quantitative estimate of drug-likeness (QED) is 0.774. The average Bonchev–Trinajstić information content (AvgIpc) is 2.67. The average molecular weight is 315 g/mol. The van der Waals surface area contributed by atoms with Crippen LogP contribution < -0.4 is 4.74 Å². The molecule has 0 saturated carbocycles. The topological polar surface area (TPSA) is 27.7 Å². The van der Waals surface area contributed by atoms with E-state index < -0.39 is 5.79 Å². The summed E-state index contributed by atoms with van der Waals surface area (Å²) >= 11 is 3.40. The van der Waals surface area contributed by atoms with Gasteiger partial charge in [-0.3, -0.25) is 0 Å². The fourth-order valence-electron chi connectivity index (χ4n) is 1.94. The number of rotatable bonds is 5. The standard InChI is InChI=1S/C14H19BrO3/c1-14(2)17-10-13(18-14)4-3-9-16-12-7-5-11(15)6-8-12/h5-8,13H,3-4,9-10H2,1-2H3. The Hall–Kier alpha value is -0.580. The van der Waals surface area contributed by atoms with Crippen LogP contribution >= 0.6 is 15.9 Å². The largest absolute Gasteiger partial charge is 0.494 e. The summed E-state index contributed by atoms with van der Waals surface area (Å²) in [6.07, 6.45) is 2.15. The molecule has 1 unspecified atom stereocenters. The molecule has 0 bridgehead atoms. The predicted octanol–water partition coefficient (Wildman–Crippen LogP) is 3.76. The highest BCUT2D eigenvalue weighted by Crippen LogP contribution is 2.24. The second-order valence-electron chi connectivity index (χ2n) is 4.90. The molecule has 1 atom stereocenters. The summed E-state index contributed by atoms with van der Waals surface area (Å²) in [6.45, 7) is 5.30. The Labute approximate surface area is 117 Å². The molecular formula is C14H19BrO3. The van der Waals surface area contributed by atoms with Crippen molar-refractivity contribution < 1.29 is 14.2 Å². The van der Waals surface area contributed by atoms with Gasteiger partial charge in [0.05, 0.1) is 19.3 Å². The zero-order valence-corrected chi connectivity index (χ0v) is 12.4. The molecule has 1 heterocycles. The predicted molar refractivity (Wildman–Crippen MR) is 73.8 cm³/mol. The van der Waals surface area contributed by atoms with Crippen molar-refractivity contribution in [3.8, 4) is 5.75 Å². The molecule has 2 rings (SSSR count). The zero-order chi connectivity index (χ0) is 13.0. The molecule has 1 aliphatic rings. The number of benzene rings is 1. The van der Waals surface area contributed by atoms with Gasteiger partial charge in [0, 0.05) is 4.47 Å². The first kappa shape index (κ1) is 13.8. The van der Waals surface area contributed by atoms with Crippen molar-refractivity contribution >= 4 is 15.9 Å². The highest BCUT2D eigenvalue weighted by atomic mass is 79.9. The first-order valence-corrected chi connectivity index (χ1v) is 7.05. The number of ether oxygens (including phenoxy) is 3. The SMILES string of the molecule is CC1(C)OCC(CCCOc2ccc(Br)cc2)O1. The van der Waals surface area contributed by atoms with E-state index in [0.717, 1.165) is 23.1 Å². The molecule has 0 radical (unpaired) electrons. The smallest absolute Gasteiger partial charge is 0.163 e. The van der Waals surface area contributed by atoms with Gasteiger partial charge < -0.3 is 14.2 Å². The highest BCUT2D eigenvalue weighted by Gasteiger charge is 2.31. The Morgan fingerprint density at radius 3 is 2.67 bits per heavy atom. The molecule has 0 aliphatic carbocycles. The summed E-state index contributed by atoms with van der Waals surface area (Å²) in [5.74, 6) is 0.485. The van der Waals surface area contributed by atoms with E-state index in [4.69, 9.17) is 14.2 Å². The Morgan fingerprint density at radius 1 is 1.33 bits per heavy atom. The monoisotopic (exact) mass is 314 g/mol. The van der Waals surface area contributed by atoms with Crippen LogP contribution in [-0.4, -0.2) is 25.1 Å². The second-order valence-corrected chi connectivity index (χ2v) is 5.81. The van der Waals surface area contributed by atoms with E-state index in [1.807, 2.05) is 38.1 Å². The molecule has 1 aliphatic heterocycles. The van der Waals surface area contributed by atoms with Crippen LogP contribution in [0.3, 0.4) is 0 Å². The summed E-state index contributed by atoms with van der Waals surface area (Å²) < 4.78 is 18.0. The Kier molecular flexibility index (Phi) is 4.65. The number of hydrogen-bond acceptors (Lipinski definition) is 3. The first-order chi connectivity index (χ1) is 8.55. The normalized spacial score (nSPS) is 22.1. The lowest BCUT2D eigenvalue weighted by atomic mass is 10.2. The van der Waals surface area contributed by atoms with Crippen molar-refractivity contribution in [3.63, 3.8) is 0 Å².